The highest BCUT2D eigenvalue weighted by atomic mass is 35.5. The molecule has 0 saturated heterocycles. The largest absolute Gasteiger partial charge is 0.387 e. The first-order valence-electron chi connectivity index (χ1n) is 5.84. The van der Waals surface area contributed by atoms with E-state index in [-0.39, 0.29) is 0 Å². The van der Waals surface area contributed by atoms with Gasteiger partial charge in [0.25, 0.3) is 0 Å². The molecule has 0 amide bonds. The molecule has 0 saturated carbocycles. The number of thioether (sulfide) groups is 1. The third-order valence-electron chi connectivity index (χ3n) is 2.73. The number of anilines is 1. The van der Waals surface area contributed by atoms with Crippen molar-refractivity contribution >= 4 is 29.1 Å². The van der Waals surface area contributed by atoms with Crippen molar-refractivity contribution in [3.8, 4) is 0 Å². The van der Waals surface area contributed by atoms with Crippen LogP contribution < -0.4 is 5.32 Å². The number of nitrogens with one attached hydrogen (secondary N) is 1. The van der Waals surface area contributed by atoms with Gasteiger partial charge in [0.15, 0.2) is 0 Å². The highest BCUT2D eigenvalue weighted by Gasteiger charge is 2.01. The second-order valence-corrected chi connectivity index (χ2v) is 5.62. The first kappa shape index (κ1) is 13.3. The minimum Gasteiger partial charge on any atom is -0.387 e. The van der Waals surface area contributed by atoms with Crippen molar-refractivity contribution in [1.82, 2.24) is 0 Å². The predicted octanol–water partition coefficient (Wildman–Crippen LogP) is 4.98. The van der Waals surface area contributed by atoms with Gasteiger partial charge in [-0.15, -0.1) is 11.8 Å². The molecule has 1 nitrogen and oxygen atoms in total. The zero-order valence-corrected chi connectivity index (χ0v) is 12.1. The summed E-state index contributed by atoms with van der Waals surface area (Å²) in [6.07, 6.45) is 0. The topological polar surface area (TPSA) is 12.0 Å². The van der Waals surface area contributed by atoms with Crippen molar-refractivity contribution in [2.24, 2.45) is 0 Å². The lowest BCUT2D eigenvalue weighted by molar-refractivity contribution is 1.35. The van der Waals surface area contributed by atoms with E-state index in [4.69, 9.17) is 11.6 Å². The molecule has 18 heavy (non-hydrogen) atoms. The molecule has 94 valence electrons. The smallest absolute Gasteiger partial charge is 0.0638 e. The van der Waals surface area contributed by atoms with Crippen LogP contribution in [-0.4, -0.2) is 7.05 Å². The predicted molar refractivity (Wildman–Crippen MR) is 81.7 cm³/mol. The monoisotopic (exact) mass is 277 g/mol. The Morgan fingerprint density at radius 1 is 1.11 bits per heavy atom. The first-order valence-corrected chi connectivity index (χ1v) is 7.21. The van der Waals surface area contributed by atoms with Gasteiger partial charge in [0, 0.05) is 17.7 Å². The number of hydrogen-bond acceptors (Lipinski definition) is 2. The standard InChI is InChI=1S/C15H16ClNS/c1-11-3-5-12(6-4-11)10-18-13-7-8-14(16)15(9-13)17-2/h3-9,17H,10H2,1-2H3. The van der Waals surface area contributed by atoms with Gasteiger partial charge in [-0.25, -0.2) is 0 Å². The van der Waals surface area contributed by atoms with Crippen molar-refractivity contribution in [2.75, 3.05) is 12.4 Å². The summed E-state index contributed by atoms with van der Waals surface area (Å²) in [5, 5.41) is 3.86. The molecule has 0 spiro atoms. The summed E-state index contributed by atoms with van der Waals surface area (Å²) in [4.78, 5) is 1.23. The summed E-state index contributed by atoms with van der Waals surface area (Å²) in [6.45, 7) is 2.11. The van der Waals surface area contributed by atoms with E-state index >= 15 is 0 Å². The van der Waals surface area contributed by atoms with Crippen LogP contribution in [0.5, 0.6) is 0 Å². The van der Waals surface area contributed by atoms with Crippen LogP contribution >= 0.6 is 23.4 Å². The maximum absolute atomic E-state index is 6.06. The van der Waals surface area contributed by atoms with E-state index in [0.717, 1.165) is 16.5 Å². The summed E-state index contributed by atoms with van der Waals surface area (Å²) >= 11 is 7.88. The van der Waals surface area contributed by atoms with Crippen LogP contribution in [0.3, 0.4) is 0 Å². The van der Waals surface area contributed by atoms with Gasteiger partial charge in [0.05, 0.1) is 10.7 Å². The molecule has 0 fully saturated rings. The van der Waals surface area contributed by atoms with Crippen LogP contribution in [0.25, 0.3) is 0 Å². The summed E-state index contributed by atoms with van der Waals surface area (Å²) in [5.41, 5.74) is 3.62. The number of hydrogen-bond donors (Lipinski definition) is 1. The number of halogens is 1. The van der Waals surface area contributed by atoms with E-state index in [1.165, 1.54) is 16.0 Å². The van der Waals surface area contributed by atoms with Crippen LogP contribution in [0.2, 0.25) is 5.02 Å². The SMILES string of the molecule is CNc1cc(SCc2ccc(C)cc2)ccc1Cl. The first-order chi connectivity index (χ1) is 8.69. The van der Waals surface area contributed by atoms with Gasteiger partial charge in [-0.3, -0.25) is 0 Å². The maximum atomic E-state index is 6.06. The van der Waals surface area contributed by atoms with E-state index in [9.17, 15) is 0 Å². The lowest BCUT2D eigenvalue weighted by Gasteiger charge is -2.07. The van der Waals surface area contributed by atoms with E-state index in [1.807, 2.05) is 24.9 Å². The fourth-order valence-corrected chi connectivity index (χ4v) is 2.74. The number of rotatable bonds is 4. The summed E-state index contributed by atoms with van der Waals surface area (Å²) in [7, 11) is 1.88. The van der Waals surface area contributed by atoms with Crippen molar-refractivity contribution < 1.29 is 0 Å². The Bertz CT molecular complexity index is 523. The van der Waals surface area contributed by atoms with Crippen LogP contribution in [0.1, 0.15) is 11.1 Å². The minimum atomic E-state index is 0.761. The quantitative estimate of drug-likeness (QED) is 0.791. The number of benzene rings is 2. The minimum absolute atomic E-state index is 0.761. The van der Waals surface area contributed by atoms with Crippen molar-refractivity contribution in [1.29, 1.82) is 0 Å². The maximum Gasteiger partial charge on any atom is 0.0638 e. The highest BCUT2D eigenvalue weighted by Crippen LogP contribution is 2.29. The molecule has 0 radical (unpaired) electrons. The molecule has 2 aromatic carbocycles. The summed E-state index contributed by atoms with van der Waals surface area (Å²) in [6, 6.07) is 14.7. The summed E-state index contributed by atoms with van der Waals surface area (Å²) < 4.78 is 0. The lowest BCUT2D eigenvalue weighted by Crippen LogP contribution is -1.89. The second-order valence-electron chi connectivity index (χ2n) is 4.17. The molecular formula is C15H16ClNS. The van der Waals surface area contributed by atoms with Crippen LogP contribution in [0.15, 0.2) is 47.4 Å². The molecule has 0 heterocycles. The Kier molecular flexibility index (Phi) is 4.56. The van der Waals surface area contributed by atoms with Gasteiger partial charge in [-0.2, -0.15) is 0 Å². The molecule has 2 rings (SSSR count). The summed E-state index contributed by atoms with van der Waals surface area (Å²) in [5.74, 6) is 0.977. The Morgan fingerprint density at radius 3 is 2.50 bits per heavy atom. The van der Waals surface area contributed by atoms with Crippen LogP contribution in [0, 0.1) is 6.92 Å². The molecule has 0 aromatic heterocycles. The molecule has 0 aliphatic rings. The van der Waals surface area contributed by atoms with Gasteiger partial charge < -0.3 is 5.32 Å². The van der Waals surface area contributed by atoms with Crippen molar-refractivity contribution in [3.05, 3.63) is 58.6 Å². The molecule has 0 unspecified atom stereocenters. The van der Waals surface area contributed by atoms with E-state index in [1.54, 1.807) is 0 Å². The van der Waals surface area contributed by atoms with Gasteiger partial charge in [0.1, 0.15) is 0 Å². The molecule has 0 aliphatic heterocycles. The Morgan fingerprint density at radius 2 is 1.83 bits per heavy atom. The van der Waals surface area contributed by atoms with Gasteiger partial charge in [0.2, 0.25) is 0 Å². The average molecular weight is 278 g/mol. The molecule has 0 aliphatic carbocycles. The van der Waals surface area contributed by atoms with Gasteiger partial charge >= 0.3 is 0 Å². The zero-order valence-electron chi connectivity index (χ0n) is 10.5. The Hall–Kier alpha value is -1.12. The van der Waals surface area contributed by atoms with Crippen molar-refractivity contribution in [3.63, 3.8) is 0 Å². The second kappa shape index (κ2) is 6.17. The van der Waals surface area contributed by atoms with E-state index in [2.05, 4.69) is 48.6 Å². The van der Waals surface area contributed by atoms with E-state index < -0.39 is 0 Å². The lowest BCUT2D eigenvalue weighted by atomic mass is 10.2. The van der Waals surface area contributed by atoms with Crippen LogP contribution in [0.4, 0.5) is 5.69 Å². The van der Waals surface area contributed by atoms with Gasteiger partial charge in [-0.1, -0.05) is 41.4 Å². The highest BCUT2D eigenvalue weighted by molar-refractivity contribution is 7.98. The molecule has 1 N–H and O–H groups in total. The third-order valence-corrected chi connectivity index (χ3v) is 4.13. The van der Waals surface area contributed by atoms with Gasteiger partial charge in [-0.05, 0) is 30.7 Å². The zero-order chi connectivity index (χ0) is 13.0. The average Bonchev–Trinajstić information content (AvgIpc) is 2.39. The Labute approximate surface area is 118 Å². The van der Waals surface area contributed by atoms with Crippen LogP contribution in [-0.2, 0) is 5.75 Å². The fourth-order valence-electron chi connectivity index (χ4n) is 1.64. The molecule has 0 atom stereocenters. The normalized spacial score (nSPS) is 10.4. The molecule has 2 aromatic rings. The van der Waals surface area contributed by atoms with E-state index in [0.29, 0.717) is 0 Å². The fraction of sp³-hybridized carbons (Fsp3) is 0.200. The number of aryl methyl sites for hydroxylation is 1. The Balaban J connectivity index is 2.04. The molecular weight excluding hydrogens is 262 g/mol. The van der Waals surface area contributed by atoms with Crippen molar-refractivity contribution in [2.45, 2.75) is 17.6 Å². The third kappa shape index (κ3) is 3.44. The molecule has 3 heteroatoms. The molecule has 0 bridgehead atoms.